The lowest BCUT2D eigenvalue weighted by Crippen LogP contribution is -2.25. The highest BCUT2D eigenvalue weighted by Crippen LogP contribution is 2.31. The topological polar surface area (TPSA) is 25.2 Å². The van der Waals surface area contributed by atoms with E-state index in [9.17, 15) is 0 Å². The molecule has 0 fully saturated rings. The smallest absolute Gasteiger partial charge is 0.152 e. The number of fused-ring (bicyclic) bond motifs is 1. The summed E-state index contributed by atoms with van der Waals surface area (Å²) < 4.78 is 5.92. The average molecular weight is 266 g/mol. The number of furan rings is 1. The zero-order valence-corrected chi connectivity index (χ0v) is 11.9. The van der Waals surface area contributed by atoms with Gasteiger partial charge in [0.1, 0.15) is 5.76 Å². The van der Waals surface area contributed by atoms with E-state index in [-0.39, 0.29) is 6.04 Å². The minimum atomic E-state index is 0.244. The van der Waals surface area contributed by atoms with Crippen LogP contribution in [0.15, 0.2) is 28.7 Å². The number of hydrogen-bond donors (Lipinski definition) is 1. The lowest BCUT2D eigenvalue weighted by molar-refractivity contribution is 0.351. The highest BCUT2D eigenvalue weighted by atomic mass is 35.5. The molecule has 1 aromatic carbocycles. The maximum atomic E-state index is 6.14. The highest BCUT2D eigenvalue weighted by molar-refractivity contribution is 6.34. The number of rotatable bonds is 5. The van der Waals surface area contributed by atoms with Crippen molar-refractivity contribution in [3.63, 3.8) is 0 Å². The van der Waals surface area contributed by atoms with Crippen LogP contribution in [0, 0.1) is 5.92 Å². The molecule has 0 radical (unpaired) electrons. The van der Waals surface area contributed by atoms with Crippen LogP contribution >= 0.6 is 11.6 Å². The number of benzene rings is 1. The molecule has 0 aliphatic heterocycles. The van der Waals surface area contributed by atoms with Gasteiger partial charge in [0.25, 0.3) is 0 Å². The minimum Gasteiger partial charge on any atom is -0.458 e. The van der Waals surface area contributed by atoms with Gasteiger partial charge < -0.3 is 9.73 Å². The summed E-state index contributed by atoms with van der Waals surface area (Å²) in [5.41, 5.74) is 0.790. The van der Waals surface area contributed by atoms with Crippen molar-refractivity contribution in [1.82, 2.24) is 5.32 Å². The Labute approximate surface area is 113 Å². The first-order valence-corrected chi connectivity index (χ1v) is 6.92. The molecule has 0 amide bonds. The predicted octanol–water partition coefficient (Wildman–Crippen LogP) is 4.78. The Kier molecular flexibility index (Phi) is 4.31. The molecule has 1 heterocycles. The Morgan fingerprint density at radius 2 is 2.11 bits per heavy atom. The summed E-state index contributed by atoms with van der Waals surface area (Å²) in [5.74, 6) is 1.46. The zero-order valence-electron chi connectivity index (χ0n) is 11.2. The molecular weight excluding hydrogens is 246 g/mol. The first-order chi connectivity index (χ1) is 8.63. The molecule has 0 saturated heterocycles. The van der Waals surface area contributed by atoms with Gasteiger partial charge in [0.2, 0.25) is 0 Å². The third-order valence-electron chi connectivity index (χ3n) is 3.10. The maximum absolute atomic E-state index is 6.14. The van der Waals surface area contributed by atoms with Crippen LogP contribution in [-0.4, -0.2) is 6.54 Å². The van der Waals surface area contributed by atoms with Crippen LogP contribution < -0.4 is 5.32 Å². The Balaban J connectivity index is 2.35. The molecule has 2 aromatic rings. The van der Waals surface area contributed by atoms with Crippen LogP contribution in [0.4, 0.5) is 0 Å². The molecule has 1 aromatic heterocycles. The van der Waals surface area contributed by atoms with E-state index in [2.05, 4.69) is 32.2 Å². The molecule has 1 atom stereocenters. The third kappa shape index (κ3) is 2.70. The summed E-state index contributed by atoms with van der Waals surface area (Å²) in [5, 5.41) is 5.28. The van der Waals surface area contributed by atoms with Gasteiger partial charge in [-0.05, 0) is 31.0 Å². The van der Waals surface area contributed by atoms with E-state index >= 15 is 0 Å². The lowest BCUT2D eigenvalue weighted by atomic mass is 10.0. The zero-order chi connectivity index (χ0) is 13.1. The van der Waals surface area contributed by atoms with Gasteiger partial charge >= 0.3 is 0 Å². The molecule has 98 valence electrons. The Hall–Kier alpha value is -0.990. The van der Waals surface area contributed by atoms with Crippen molar-refractivity contribution in [1.29, 1.82) is 0 Å². The van der Waals surface area contributed by atoms with Gasteiger partial charge in [0, 0.05) is 5.39 Å². The van der Waals surface area contributed by atoms with E-state index in [1.54, 1.807) is 0 Å². The van der Waals surface area contributed by atoms with Gasteiger partial charge in [-0.3, -0.25) is 0 Å². The Bertz CT molecular complexity index is 518. The predicted molar refractivity (Wildman–Crippen MR) is 77.1 cm³/mol. The lowest BCUT2D eigenvalue weighted by Gasteiger charge is -2.19. The van der Waals surface area contributed by atoms with Crippen molar-refractivity contribution in [2.75, 3.05) is 6.54 Å². The number of halogens is 1. The molecule has 0 aliphatic rings. The summed E-state index contributed by atoms with van der Waals surface area (Å²) in [7, 11) is 0. The standard InChI is InChI=1S/C15H20ClNO/c1-4-8-17-14(10(2)3)13-9-11-6-5-7-12(16)15(11)18-13/h5-7,9-10,14,17H,4,8H2,1-3H3. The largest absolute Gasteiger partial charge is 0.458 e. The third-order valence-corrected chi connectivity index (χ3v) is 3.40. The average Bonchev–Trinajstić information content (AvgIpc) is 2.74. The minimum absolute atomic E-state index is 0.244. The second-order valence-corrected chi connectivity index (χ2v) is 5.39. The normalized spacial score (nSPS) is 13.4. The second-order valence-electron chi connectivity index (χ2n) is 4.98. The van der Waals surface area contributed by atoms with E-state index < -0.39 is 0 Å². The molecular formula is C15H20ClNO. The van der Waals surface area contributed by atoms with Crippen molar-refractivity contribution in [2.24, 2.45) is 5.92 Å². The monoisotopic (exact) mass is 265 g/mol. The van der Waals surface area contributed by atoms with Crippen LogP contribution in [0.3, 0.4) is 0 Å². The number of para-hydroxylation sites is 1. The number of hydrogen-bond acceptors (Lipinski definition) is 2. The van der Waals surface area contributed by atoms with Gasteiger partial charge in [-0.2, -0.15) is 0 Å². The quantitative estimate of drug-likeness (QED) is 0.841. The van der Waals surface area contributed by atoms with E-state index in [0.717, 1.165) is 29.7 Å². The van der Waals surface area contributed by atoms with Gasteiger partial charge in [-0.25, -0.2) is 0 Å². The van der Waals surface area contributed by atoms with Crippen LogP contribution in [0.2, 0.25) is 5.02 Å². The molecule has 2 rings (SSSR count). The summed E-state index contributed by atoms with van der Waals surface area (Å²) in [6.07, 6.45) is 1.12. The summed E-state index contributed by atoms with van der Waals surface area (Å²) in [6.45, 7) is 7.55. The molecule has 0 saturated carbocycles. The molecule has 0 aliphatic carbocycles. The maximum Gasteiger partial charge on any atom is 0.152 e. The van der Waals surface area contributed by atoms with Crippen molar-refractivity contribution >= 4 is 22.6 Å². The molecule has 1 unspecified atom stereocenters. The summed E-state index contributed by atoms with van der Waals surface area (Å²) in [6, 6.07) is 8.18. The van der Waals surface area contributed by atoms with Gasteiger partial charge in [-0.1, -0.05) is 44.5 Å². The highest BCUT2D eigenvalue weighted by Gasteiger charge is 2.19. The van der Waals surface area contributed by atoms with Crippen molar-refractivity contribution < 1.29 is 4.42 Å². The van der Waals surface area contributed by atoms with Gasteiger partial charge in [-0.15, -0.1) is 0 Å². The fourth-order valence-electron chi connectivity index (χ4n) is 2.17. The van der Waals surface area contributed by atoms with Gasteiger partial charge in [0.05, 0.1) is 11.1 Å². The van der Waals surface area contributed by atoms with Crippen LogP contribution in [0.25, 0.3) is 11.0 Å². The van der Waals surface area contributed by atoms with E-state index in [1.165, 1.54) is 0 Å². The molecule has 3 heteroatoms. The fraction of sp³-hybridized carbons (Fsp3) is 0.467. The van der Waals surface area contributed by atoms with Crippen LogP contribution in [0.1, 0.15) is 39.0 Å². The molecule has 1 N–H and O–H groups in total. The van der Waals surface area contributed by atoms with E-state index in [1.807, 2.05) is 18.2 Å². The van der Waals surface area contributed by atoms with Gasteiger partial charge in [0.15, 0.2) is 5.58 Å². The second kappa shape index (κ2) is 5.77. The van der Waals surface area contributed by atoms with Crippen molar-refractivity contribution in [3.05, 3.63) is 35.0 Å². The summed E-state index contributed by atoms with van der Waals surface area (Å²) >= 11 is 6.14. The number of nitrogens with one attached hydrogen (secondary N) is 1. The Morgan fingerprint density at radius 1 is 1.33 bits per heavy atom. The Morgan fingerprint density at radius 3 is 2.72 bits per heavy atom. The fourth-order valence-corrected chi connectivity index (χ4v) is 2.39. The molecule has 0 bridgehead atoms. The van der Waals surface area contributed by atoms with E-state index in [4.69, 9.17) is 16.0 Å². The van der Waals surface area contributed by atoms with Crippen molar-refractivity contribution in [2.45, 2.75) is 33.2 Å². The SMILES string of the molecule is CCCNC(c1cc2cccc(Cl)c2o1)C(C)C. The first-order valence-electron chi connectivity index (χ1n) is 6.54. The first kappa shape index (κ1) is 13.4. The molecule has 0 spiro atoms. The van der Waals surface area contributed by atoms with Crippen molar-refractivity contribution in [3.8, 4) is 0 Å². The summed E-state index contributed by atoms with van der Waals surface area (Å²) in [4.78, 5) is 0. The van der Waals surface area contributed by atoms with Crippen LogP contribution in [0.5, 0.6) is 0 Å². The van der Waals surface area contributed by atoms with Crippen LogP contribution in [-0.2, 0) is 0 Å². The molecule has 2 nitrogen and oxygen atoms in total. The van der Waals surface area contributed by atoms with E-state index in [0.29, 0.717) is 10.9 Å². The molecule has 18 heavy (non-hydrogen) atoms.